The highest BCUT2D eigenvalue weighted by Gasteiger charge is 2.22. The molecule has 1 saturated heterocycles. The minimum atomic E-state index is -0.140. The van der Waals surface area contributed by atoms with E-state index in [1.54, 1.807) is 18.3 Å². The first-order chi connectivity index (χ1) is 8.27. The number of carbonyl (C=O) groups is 1. The second-order valence-corrected chi connectivity index (χ2v) is 4.06. The number of aromatic nitrogens is 2. The largest absolute Gasteiger partial charge is 0.314 e. The molecule has 1 unspecified atom stereocenters. The van der Waals surface area contributed by atoms with Crippen LogP contribution >= 0.6 is 0 Å². The van der Waals surface area contributed by atoms with Crippen molar-refractivity contribution >= 4 is 11.7 Å². The highest BCUT2D eigenvalue weighted by atomic mass is 16.2. The summed E-state index contributed by atoms with van der Waals surface area (Å²) in [6.07, 6.45) is 1.58. The summed E-state index contributed by atoms with van der Waals surface area (Å²) in [7, 11) is 0. The van der Waals surface area contributed by atoms with Crippen molar-refractivity contribution in [2.24, 2.45) is 0 Å². The predicted molar refractivity (Wildman–Crippen MR) is 64.6 cm³/mol. The van der Waals surface area contributed by atoms with Gasteiger partial charge in [0.05, 0.1) is 6.04 Å². The quantitative estimate of drug-likeness (QED) is 0.753. The molecule has 1 aliphatic rings. The molecule has 1 aromatic rings. The fraction of sp³-hybridized carbons (Fsp3) is 0.545. The second-order valence-electron chi connectivity index (χ2n) is 4.06. The van der Waals surface area contributed by atoms with Gasteiger partial charge in [0.25, 0.3) is 0 Å². The maximum absolute atomic E-state index is 12.0. The van der Waals surface area contributed by atoms with Gasteiger partial charge in [0.1, 0.15) is 0 Å². The van der Waals surface area contributed by atoms with E-state index in [2.05, 4.69) is 25.7 Å². The van der Waals surface area contributed by atoms with Gasteiger partial charge in [0.2, 0.25) is 5.91 Å². The third-order valence-corrected chi connectivity index (χ3v) is 2.90. The molecular weight excluding hydrogens is 218 g/mol. The van der Waals surface area contributed by atoms with E-state index in [0.717, 1.165) is 26.2 Å². The first kappa shape index (κ1) is 11.9. The van der Waals surface area contributed by atoms with Crippen molar-refractivity contribution in [1.82, 2.24) is 20.4 Å². The van der Waals surface area contributed by atoms with Gasteiger partial charge in [-0.05, 0) is 19.1 Å². The molecule has 0 radical (unpaired) electrons. The zero-order valence-corrected chi connectivity index (χ0v) is 9.89. The number of rotatable bonds is 3. The average Bonchev–Trinajstić information content (AvgIpc) is 2.40. The smallest absolute Gasteiger partial charge is 0.242 e. The molecule has 6 nitrogen and oxygen atoms in total. The van der Waals surface area contributed by atoms with Crippen LogP contribution in [0.3, 0.4) is 0 Å². The van der Waals surface area contributed by atoms with Crippen molar-refractivity contribution in [3.63, 3.8) is 0 Å². The number of amides is 1. The van der Waals surface area contributed by atoms with Crippen LogP contribution in [0.15, 0.2) is 18.3 Å². The van der Waals surface area contributed by atoms with Crippen LogP contribution in [0.4, 0.5) is 5.82 Å². The van der Waals surface area contributed by atoms with E-state index >= 15 is 0 Å². The lowest BCUT2D eigenvalue weighted by Crippen LogP contribution is -2.51. The normalized spacial score (nSPS) is 18.6. The molecule has 0 saturated carbocycles. The van der Waals surface area contributed by atoms with E-state index in [1.807, 2.05) is 6.92 Å². The number of anilines is 1. The third kappa shape index (κ3) is 3.21. The van der Waals surface area contributed by atoms with E-state index < -0.39 is 0 Å². The standard InChI is InChI=1S/C11H17N5O/c1-9(16-7-5-12-6-8-16)11(17)14-10-3-2-4-13-15-10/h2-4,9,12H,5-8H2,1H3,(H,14,15,17). The third-order valence-electron chi connectivity index (χ3n) is 2.90. The number of hydrogen-bond acceptors (Lipinski definition) is 5. The summed E-state index contributed by atoms with van der Waals surface area (Å²) in [5, 5.41) is 13.6. The molecule has 0 aliphatic carbocycles. The summed E-state index contributed by atoms with van der Waals surface area (Å²) < 4.78 is 0. The molecule has 0 aromatic carbocycles. The van der Waals surface area contributed by atoms with Gasteiger partial charge >= 0.3 is 0 Å². The molecule has 6 heteroatoms. The van der Waals surface area contributed by atoms with E-state index in [0.29, 0.717) is 5.82 Å². The maximum Gasteiger partial charge on any atom is 0.242 e. The lowest BCUT2D eigenvalue weighted by molar-refractivity contribution is -0.121. The van der Waals surface area contributed by atoms with Crippen LogP contribution in [0, 0.1) is 0 Å². The van der Waals surface area contributed by atoms with Crippen molar-refractivity contribution in [3.05, 3.63) is 18.3 Å². The first-order valence-electron chi connectivity index (χ1n) is 5.81. The van der Waals surface area contributed by atoms with Crippen LogP contribution in [0.5, 0.6) is 0 Å². The molecule has 1 amide bonds. The summed E-state index contributed by atoms with van der Waals surface area (Å²) in [5.41, 5.74) is 0. The van der Waals surface area contributed by atoms with Gasteiger partial charge in [-0.3, -0.25) is 9.69 Å². The lowest BCUT2D eigenvalue weighted by atomic mass is 10.2. The fourth-order valence-electron chi connectivity index (χ4n) is 1.83. The Morgan fingerprint density at radius 3 is 2.94 bits per heavy atom. The molecule has 2 heterocycles. The predicted octanol–water partition coefficient (Wildman–Crippen LogP) is -0.291. The molecule has 17 heavy (non-hydrogen) atoms. The van der Waals surface area contributed by atoms with Crippen molar-refractivity contribution < 1.29 is 4.79 Å². The summed E-state index contributed by atoms with van der Waals surface area (Å²) in [4.78, 5) is 14.1. The Morgan fingerprint density at radius 2 is 2.29 bits per heavy atom. The van der Waals surface area contributed by atoms with E-state index in [-0.39, 0.29) is 11.9 Å². The molecule has 0 spiro atoms. The van der Waals surface area contributed by atoms with Crippen molar-refractivity contribution in [1.29, 1.82) is 0 Å². The Labute approximate surface area is 100 Å². The van der Waals surface area contributed by atoms with Crippen molar-refractivity contribution in [2.45, 2.75) is 13.0 Å². The first-order valence-corrected chi connectivity index (χ1v) is 5.81. The molecule has 2 N–H and O–H groups in total. The van der Waals surface area contributed by atoms with Gasteiger partial charge < -0.3 is 10.6 Å². The number of carbonyl (C=O) groups excluding carboxylic acids is 1. The molecule has 92 valence electrons. The zero-order chi connectivity index (χ0) is 12.1. The summed E-state index contributed by atoms with van der Waals surface area (Å²) in [6.45, 7) is 5.58. The van der Waals surface area contributed by atoms with E-state index in [4.69, 9.17) is 0 Å². The fourth-order valence-corrected chi connectivity index (χ4v) is 1.83. The number of nitrogens with zero attached hydrogens (tertiary/aromatic N) is 3. The van der Waals surface area contributed by atoms with Gasteiger partial charge in [-0.2, -0.15) is 5.10 Å². The monoisotopic (exact) mass is 235 g/mol. The minimum Gasteiger partial charge on any atom is -0.314 e. The highest BCUT2D eigenvalue weighted by molar-refractivity contribution is 5.93. The number of piperazine rings is 1. The van der Waals surface area contributed by atoms with Crippen LogP contribution in [0.25, 0.3) is 0 Å². The van der Waals surface area contributed by atoms with Gasteiger partial charge in [0, 0.05) is 32.4 Å². The van der Waals surface area contributed by atoms with Crippen LogP contribution < -0.4 is 10.6 Å². The minimum absolute atomic E-state index is 0.0348. The average molecular weight is 235 g/mol. The molecule has 2 rings (SSSR count). The summed E-state index contributed by atoms with van der Waals surface area (Å²) in [6, 6.07) is 3.34. The van der Waals surface area contributed by atoms with Gasteiger partial charge in [0.15, 0.2) is 5.82 Å². The van der Waals surface area contributed by atoms with Gasteiger partial charge in [-0.25, -0.2) is 0 Å². The Kier molecular flexibility index (Phi) is 4.00. The van der Waals surface area contributed by atoms with Crippen LogP contribution in [0.1, 0.15) is 6.92 Å². The van der Waals surface area contributed by atoms with Crippen LogP contribution in [-0.4, -0.2) is 53.2 Å². The molecule has 1 fully saturated rings. The Hall–Kier alpha value is -1.53. The molecule has 1 aliphatic heterocycles. The van der Waals surface area contributed by atoms with E-state index in [1.165, 1.54) is 0 Å². The Bertz CT molecular complexity index is 363. The molecular formula is C11H17N5O. The van der Waals surface area contributed by atoms with Crippen molar-refractivity contribution in [3.8, 4) is 0 Å². The number of hydrogen-bond donors (Lipinski definition) is 2. The van der Waals surface area contributed by atoms with E-state index in [9.17, 15) is 4.79 Å². The maximum atomic E-state index is 12.0. The summed E-state index contributed by atoms with van der Waals surface area (Å²) >= 11 is 0. The second kappa shape index (κ2) is 5.70. The molecule has 0 bridgehead atoms. The molecule has 1 aromatic heterocycles. The topological polar surface area (TPSA) is 70.2 Å². The Balaban J connectivity index is 1.90. The Morgan fingerprint density at radius 1 is 1.53 bits per heavy atom. The highest BCUT2D eigenvalue weighted by Crippen LogP contribution is 2.05. The number of nitrogens with one attached hydrogen (secondary N) is 2. The summed E-state index contributed by atoms with van der Waals surface area (Å²) in [5.74, 6) is 0.465. The SMILES string of the molecule is CC(C(=O)Nc1cccnn1)N1CCNCC1. The molecule has 1 atom stereocenters. The van der Waals surface area contributed by atoms with Crippen LogP contribution in [-0.2, 0) is 4.79 Å². The van der Waals surface area contributed by atoms with Crippen LogP contribution in [0.2, 0.25) is 0 Å². The lowest BCUT2D eigenvalue weighted by Gasteiger charge is -2.31. The van der Waals surface area contributed by atoms with Gasteiger partial charge in [-0.1, -0.05) is 0 Å². The zero-order valence-electron chi connectivity index (χ0n) is 9.89. The van der Waals surface area contributed by atoms with Crippen molar-refractivity contribution in [2.75, 3.05) is 31.5 Å². The van der Waals surface area contributed by atoms with Gasteiger partial charge in [-0.15, -0.1) is 5.10 Å².